The smallest absolute Gasteiger partial charge is 0.304 e. The van der Waals surface area contributed by atoms with Crippen LogP contribution in [0.1, 0.15) is 68.9 Å². The molecule has 2 unspecified atom stereocenters. The monoisotopic (exact) mass is 501 g/mol. The van der Waals surface area contributed by atoms with Gasteiger partial charge in [0.15, 0.2) is 0 Å². The van der Waals surface area contributed by atoms with Crippen LogP contribution in [0.4, 0.5) is 10.1 Å². The van der Waals surface area contributed by atoms with Gasteiger partial charge in [0.1, 0.15) is 11.6 Å². The number of rotatable bonds is 4. The lowest BCUT2D eigenvalue weighted by Crippen LogP contribution is -2.57. The Labute approximate surface area is 208 Å². The molecule has 1 spiro atoms. The number of halogens is 1. The molecule has 2 aromatic rings. The highest BCUT2D eigenvalue weighted by molar-refractivity contribution is 7.90. The molecule has 2 saturated heterocycles. The summed E-state index contributed by atoms with van der Waals surface area (Å²) in [5, 5.41) is 10.5. The summed E-state index contributed by atoms with van der Waals surface area (Å²) in [4.78, 5) is 2.40. The summed E-state index contributed by atoms with van der Waals surface area (Å²) in [6.07, 6.45) is 7.33. The van der Waals surface area contributed by atoms with Crippen LogP contribution in [0.3, 0.4) is 0 Å². The van der Waals surface area contributed by atoms with E-state index >= 15 is 0 Å². The van der Waals surface area contributed by atoms with Crippen molar-refractivity contribution in [1.29, 1.82) is 0 Å². The molecule has 2 aromatic carbocycles. The minimum Gasteiger partial charge on any atom is -0.508 e. The lowest BCUT2D eigenvalue weighted by atomic mass is 9.82. The van der Waals surface area contributed by atoms with Crippen molar-refractivity contribution in [3.8, 4) is 5.75 Å². The number of benzene rings is 2. The van der Waals surface area contributed by atoms with E-state index in [-0.39, 0.29) is 6.04 Å². The van der Waals surface area contributed by atoms with Crippen LogP contribution in [0.2, 0.25) is 0 Å². The van der Waals surface area contributed by atoms with Gasteiger partial charge >= 0.3 is 10.2 Å². The Bertz CT molecular complexity index is 1180. The van der Waals surface area contributed by atoms with E-state index in [9.17, 15) is 17.9 Å². The molecule has 3 fully saturated rings. The predicted octanol–water partition coefficient (Wildman–Crippen LogP) is 5.00. The zero-order valence-electron chi connectivity index (χ0n) is 20.7. The van der Waals surface area contributed by atoms with Crippen molar-refractivity contribution >= 4 is 15.9 Å². The molecule has 5 rings (SSSR count). The molecule has 2 heterocycles. The number of likely N-dealkylation sites (tertiary alicyclic amines) is 1. The maximum Gasteiger partial charge on any atom is 0.304 e. The molecule has 1 N–H and O–H groups in total. The Morgan fingerprint density at radius 3 is 2.60 bits per heavy atom. The number of phenolic OH excluding ortho intramolecular Hbond substituents is 1. The standard InChI is InChI=1S/C27H36FN3O3S/c1-20-17-27(19-29(2)35(33,34)31(27)24-10-6-9-23(28)16-24)13-14-30(20)18-21-11-12-26(32)25(15-21)22-7-4-3-5-8-22/h6,9-12,15-16,20,22,32H,3-5,7-8,13-14,17-19H2,1-2H3. The maximum absolute atomic E-state index is 14.0. The van der Waals surface area contributed by atoms with Gasteiger partial charge in [0.25, 0.3) is 0 Å². The topological polar surface area (TPSA) is 64.1 Å². The van der Waals surface area contributed by atoms with Crippen LogP contribution >= 0.6 is 0 Å². The Morgan fingerprint density at radius 2 is 1.89 bits per heavy atom. The fourth-order valence-electron chi connectivity index (χ4n) is 6.55. The first-order valence-corrected chi connectivity index (χ1v) is 14.2. The summed E-state index contributed by atoms with van der Waals surface area (Å²) in [5.74, 6) is 0.398. The van der Waals surface area contributed by atoms with Gasteiger partial charge in [0.05, 0.1) is 11.2 Å². The number of hydrogen-bond donors (Lipinski definition) is 1. The highest BCUT2D eigenvalue weighted by Gasteiger charge is 2.55. The van der Waals surface area contributed by atoms with Crippen molar-refractivity contribution in [2.75, 3.05) is 24.4 Å². The highest BCUT2D eigenvalue weighted by atomic mass is 32.2. The molecule has 8 heteroatoms. The maximum atomic E-state index is 14.0. The van der Waals surface area contributed by atoms with Gasteiger partial charge in [-0.3, -0.25) is 9.21 Å². The van der Waals surface area contributed by atoms with Crippen LogP contribution < -0.4 is 4.31 Å². The number of piperidine rings is 1. The summed E-state index contributed by atoms with van der Waals surface area (Å²) >= 11 is 0. The molecule has 2 atom stereocenters. The molecule has 3 aliphatic rings. The second-order valence-electron chi connectivity index (χ2n) is 10.7. The van der Waals surface area contributed by atoms with Crippen LogP contribution in [-0.4, -0.2) is 54.4 Å². The number of hydrogen-bond acceptors (Lipinski definition) is 4. The van der Waals surface area contributed by atoms with E-state index in [1.54, 1.807) is 19.2 Å². The van der Waals surface area contributed by atoms with Crippen LogP contribution in [0.15, 0.2) is 42.5 Å². The van der Waals surface area contributed by atoms with Crippen LogP contribution in [-0.2, 0) is 16.8 Å². The molecule has 1 saturated carbocycles. The van der Waals surface area contributed by atoms with Crippen molar-refractivity contribution in [3.05, 3.63) is 59.4 Å². The summed E-state index contributed by atoms with van der Waals surface area (Å²) in [5.41, 5.74) is 2.05. The second-order valence-corrected chi connectivity index (χ2v) is 12.6. The Morgan fingerprint density at radius 1 is 1.11 bits per heavy atom. The first-order valence-electron chi connectivity index (χ1n) is 12.8. The van der Waals surface area contributed by atoms with E-state index in [4.69, 9.17) is 0 Å². The predicted molar refractivity (Wildman–Crippen MR) is 136 cm³/mol. The third kappa shape index (κ3) is 4.56. The van der Waals surface area contributed by atoms with E-state index < -0.39 is 21.6 Å². The minimum absolute atomic E-state index is 0.147. The summed E-state index contributed by atoms with van der Waals surface area (Å²) in [6, 6.07) is 12.1. The van der Waals surface area contributed by atoms with E-state index in [1.807, 2.05) is 12.1 Å². The fourth-order valence-corrected chi connectivity index (χ4v) is 8.32. The van der Waals surface area contributed by atoms with Gasteiger partial charge < -0.3 is 5.11 Å². The molecule has 6 nitrogen and oxygen atoms in total. The summed E-state index contributed by atoms with van der Waals surface area (Å²) in [7, 11) is -2.10. The second kappa shape index (κ2) is 9.37. The summed E-state index contributed by atoms with van der Waals surface area (Å²) in [6.45, 7) is 4.06. The Kier molecular flexibility index (Phi) is 6.57. The zero-order valence-corrected chi connectivity index (χ0v) is 21.5. The van der Waals surface area contributed by atoms with Crippen LogP contribution in [0.5, 0.6) is 5.75 Å². The summed E-state index contributed by atoms with van der Waals surface area (Å²) < 4.78 is 43.4. The van der Waals surface area contributed by atoms with Gasteiger partial charge in [0.2, 0.25) is 0 Å². The van der Waals surface area contributed by atoms with Crippen molar-refractivity contribution in [1.82, 2.24) is 9.21 Å². The third-order valence-electron chi connectivity index (χ3n) is 8.30. The third-order valence-corrected chi connectivity index (χ3v) is 10.3. The number of anilines is 1. The molecule has 0 bridgehead atoms. The highest BCUT2D eigenvalue weighted by Crippen LogP contribution is 2.44. The van der Waals surface area contributed by atoms with Crippen molar-refractivity contribution in [2.45, 2.75) is 75.9 Å². The molecular formula is C27H36FN3O3S. The first-order chi connectivity index (χ1) is 16.7. The number of likely N-dealkylation sites (N-methyl/N-ethyl adjacent to an activating group) is 1. The van der Waals surface area contributed by atoms with Gasteiger partial charge in [-0.1, -0.05) is 37.5 Å². The Balaban J connectivity index is 1.36. The molecule has 1 aliphatic carbocycles. The quantitative estimate of drug-likeness (QED) is 0.641. The van der Waals surface area contributed by atoms with E-state index in [1.165, 1.54) is 45.6 Å². The first kappa shape index (κ1) is 24.5. The molecule has 0 radical (unpaired) electrons. The molecular weight excluding hydrogens is 465 g/mol. The average molecular weight is 502 g/mol. The normalized spacial score (nSPS) is 28.1. The zero-order chi connectivity index (χ0) is 24.8. The van der Waals surface area contributed by atoms with Gasteiger partial charge in [-0.2, -0.15) is 12.7 Å². The molecule has 0 amide bonds. The van der Waals surface area contributed by atoms with E-state index in [0.29, 0.717) is 36.7 Å². The SMILES string of the molecule is CC1CC2(CCN1Cc1ccc(O)c(C3CCCCC3)c1)CN(C)S(=O)(=O)N2c1cccc(F)c1. The van der Waals surface area contributed by atoms with E-state index in [2.05, 4.69) is 17.9 Å². The van der Waals surface area contributed by atoms with Crippen molar-refractivity contribution in [2.24, 2.45) is 0 Å². The molecule has 0 aromatic heterocycles. The number of aromatic hydroxyl groups is 1. The van der Waals surface area contributed by atoms with Gasteiger partial charge in [-0.15, -0.1) is 0 Å². The van der Waals surface area contributed by atoms with Crippen molar-refractivity contribution in [3.63, 3.8) is 0 Å². The lowest BCUT2D eigenvalue weighted by molar-refractivity contribution is 0.100. The number of phenols is 1. The van der Waals surface area contributed by atoms with Crippen molar-refractivity contribution < 1.29 is 17.9 Å². The van der Waals surface area contributed by atoms with Crippen LogP contribution in [0, 0.1) is 5.82 Å². The van der Waals surface area contributed by atoms with E-state index in [0.717, 1.165) is 31.5 Å². The minimum atomic E-state index is -3.71. The van der Waals surface area contributed by atoms with Crippen LogP contribution in [0.25, 0.3) is 0 Å². The average Bonchev–Trinajstić information content (AvgIpc) is 3.01. The molecule has 35 heavy (non-hydrogen) atoms. The largest absolute Gasteiger partial charge is 0.508 e. The fraction of sp³-hybridized carbons (Fsp3) is 0.556. The Hall–Kier alpha value is -2.16. The van der Waals surface area contributed by atoms with Gasteiger partial charge in [-0.25, -0.2) is 4.39 Å². The number of nitrogens with zero attached hydrogens (tertiary/aromatic N) is 3. The van der Waals surface area contributed by atoms with Gasteiger partial charge in [-0.05, 0) is 73.9 Å². The molecule has 2 aliphatic heterocycles. The van der Waals surface area contributed by atoms with Gasteiger partial charge in [0, 0.05) is 32.7 Å². The molecule has 190 valence electrons. The lowest BCUT2D eigenvalue weighted by Gasteiger charge is -2.47.